The van der Waals surface area contributed by atoms with Gasteiger partial charge in [-0.15, -0.1) is 5.10 Å². The minimum Gasteiger partial charge on any atom is -0.369 e. The molecule has 0 saturated carbocycles. The van der Waals surface area contributed by atoms with Gasteiger partial charge < -0.3 is 10.6 Å². The molecule has 0 aliphatic carbocycles. The summed E-state index contributed by atoms with van der Waals surface area (Å²) in [6.07, 6.45) is 1.79. The van der Waals surface area contributed by atoms with E-state index in [4.69, 9.17) is 5.73 Å². The first-order chi connectivity index (χ1) is 17.9. The van der Waals surface area contributed by atoms with Crippen LogP contribution >= 0.6 is 0 Å². The van der Waals surface area contributed by atoms with E-state index in [1.807, 2.05) is 12.1 Å². The SMILES string of the molecule is NC(=O)c1ccc(C#CCN2CCN(c3ccc4c(=O)n(C5CCC(=O)NC5=O)nnc4c3)CC2)nc1. The van der Waals surface area contributed by atoms with E-state index in [2.05, 4.69) is 42.3 Å². The van der Waals surface area contributed by atoms with Crippen LogP contribution in [0, 0.1) is 11.8 Å². The van der Waals surface area contributed by atoms with Crippen molar-refractivity contribution in [3.63, 3.8) is 0 Å². The van der Waals surface area contributed by atoms with Gasteiger partial charge in [0.15, 0.2) is 0 Å². The first-order valence-corrected chi connectivity index (χ1v) is 11.8. The van der Waals surface area contributed by atoms with E-state index in [1.165, 1.54) is 6.20 Å². The monoisotopic (exact) mass is 500 g/mol. The zero-order valence-corrected chi connectivity index (χ0v) is 19.9. The molecule has 4 heterocycles. The van der Waals surface area contributed by atoms with Gasteiger partial charge >= 0.3 is 0 Å². The number of benzene rings is 1. The smallest absolute Gasteiger partial charge is 0.278 e. The summed E-state index contributed by atoms with van der Waals surface area (Å²) in [7, 11) is 0. The molecule has 3 aromatic rings. The molecule has 0 bridgehead atoms. The van der Waals surface area contributed by atoms with Crippen molar-refractivity contribution < 1.29 is 14.4 Å². The number of nitrogens with one attached hydrogen (secondary N) is 1. The van der Waals surface area contributed by atoms with Crippen molar-refractivity contribution in [1.29, 1.82) is 0 Å². The van der Waals surface area contributed by atoms with E-state index < -0.39 is 23.4 Å². The Morgan fingerprint density at radius 2 is 1.92 bits per heavy atom. The van der Waals surface area contributed by atoms with Gasteiger partial charge in [-0.3, -0.25) is 29.4 Å². The molecule has 1 atom stereocenters. The molecular weight excluding hydrogens is 476 g/mol. The predicted molar refractivity (Wildman–Crippen MR) is 134 cm³/mol. The Morgan fingerprint density at radius 1 is 1.11 bits per heavy atom. The number of carbonyl (C=O) groups excluding carboxylic acids is 3. The third-order valence-corrected chi connectivity index (χ3v) is 6.48. The van der Waals surface area contributed by atoms with E-state index in [0.717, 1.165) is 36.5 Å². The summed E-state index contributed by atoms with van der Waals surface area (Å²) in [5.74, 6) is 4.71. The topological polar surface area (TPSA) is 156 Å². The van der Waals surface area contributed by atoms with Crippen LogP contribution in [0.4, 0.5) is 5.69 Å². The molecule has 12 nitrogen and oxygen atoms in total. The van der Waals surface area contributed by atoms with Crippen molar-refractivity contribution in [3.05, 3.63) is 58.1 Å². The minimum absolute atomic E-state index is 0.153. The van der Waals surface area contributed by atoms with Crippen LogP contribution in [0.3, 0.4) is 0 Å². The Kier molecular flexibility index (Phi) is 6.61. The molecule has 2 saturated heterocycles. The summed E-state index contributed by atoms with van der Waals surface area (Å²) < 4.78 is 1.06. The lowest BCUT2D eigenvalue weighted by Crippen LogP contribution is -2.46. The van der Waals surface area contributed by atoms with Crippen LogP contribution < -0.4 is 21.5 Å². The minimum atomic E-state index is -0.844. The number of anilines is 1. The van der Waals surface area contributed by atoms with E-state index in [9.17, 15) is 19.2 Å². The lowest BCUT2D eigenvalue weighted by molar-refractivity contribution is -0.136. The van der Waals surface area contributed by atoms with Crippen LogP contribution in [-0.2, 0) is 9.59 Å². The van der Waals surface area contributed by atoms with Crippen LogP contribution in [0.15, 0.2) is 41.3 Å². The van der Waals surface area contributed by atoms with Gasteiger partial charge in [0.1, 0.15) is 17.3 Å². The largest absolute Gasteiger partial charge is 0.369 e. The second-order valence-electron chi connectivity index (χ2n) is 8.87. The summed E-state index contributed by atoms with van der Waals surface area (Å²) in [4.78, 5) is 56.2. The normalized spacial score (nSPS) is 18.3. The maximum atomic E-state index is 13.0. The molecule has 188 valence electrons. The molecule has 12 heteroatoms. The molecule has 3 amide bonds. The van der Waals surface area contributed by atoms with Crippen LogP contribution in [0.1, 0.15) is 34.9 Å². The summed E-state index contributed by atoms with van der Waals surface area (Å²) in [6, 6.07) is 7.84. The quantitative estimate of drug-likeness (QED) is 0.354. The number of piperidine rings is 1. The van der Waals surface area contributed by atoms with E-state index in [-0.39, 0.29) is 18.7 Å². The third kappa shape index (κ3) is 5.17. The molecule has 37 heavy (non-hydrogen) atoms. The maximum Gasteiger partial charge on any atom is 0.278 e. The van der Waals surface area contributed by atoms with Crippen molar-refractivity contribution in [2.24, 2.45) is 5.73 Å². The Hall–Kier alpha value is -4.63. The average Bonchev–Trinajstić information content (AvgIpc) is 2.90. The van der Waals surface area contributed by atoms with E-state index in [1.54, 1.807) is 18.2 Å². The molecule has 2 aliphatic heterocycles. The molecule has 0 spiro atoms. The molecule has 5 rings (SSSR count). The average molecular weight is 501 g/mol. The number of rotatable bonds is 4. The summed E-state index contributed by atoms with van der Waals surface area (Å²) >= 11 is 0. The number of fused-ring (bicyclic) bond motifs is 1. The van der Waals surface area contributed by atoms with Gasteiger partial charge in [0.25, 0.3) is 11.5 Å². The summed E-state index contributed by atoms with van der Waals surface area (Å²) in [5, 5.41) is 10.8. The number of carbonyl (C=O) groups is 3. The molecule has 0 radical (unpaired) electrons. The number of primary amides is 1. The maximum absolute atomic E-state index is 13.0. The summed E-state index contributed by atoms with van der Waals surface area (Å²) in [5.41, 5.74) is 7.13. The summed E-state index contributed by atoms with van der Waals surface area (Å²) in [6.45, 7) is 3.77. The number of hydrogen-bond donors (Lipinski definition) is 2. The Morgan fingerprint density at radius 3 is 2.62 bits per heavy atom. The third-order valence-electron chi connectivity index (χ3n) is 6.48. The first-order valence-electron chi connectivity index (χ1n) is 11.8. The number of nitrogens with two attached hydrogens (primary N) is 1. The van der Waals surface area contributed by atoms with Crippen molar-refractivity contribution in [3.8, 4) is 11.8 Å². The second-order valence-corrected chi connectivity index (χ2v) is 8.87. The highest BCUT2D eigenvalue weighted by Gasteiger charge is 2.30. The van der Waals surface area contributed by atoms with Crippen molar-refractivity contribution in [2.75, 3.05) is 37.6 Å². The standard InChI is InChI=1S/C25H24N8O4/c26-23(35)16-3-4-17(27-15-16)2-1-9-31-10-12-32(13-11-31)18-5-6-19-20(14-18)29-30-33(25(19)37)21-7-8-22(34)28-24(21)36/h3-6,14-15,21H,7-13H2,(H2,26,35)(H,28,34,36). The van der Waals surface area contributed by atoms with Gasteiger partial charge in [-0.05, 0) is 42.7 Å². The first kappa shape index (κ1) is 24.1. The number of nitrogens with zero attached hydrogens (tertiary/aromatic N) is 6. The molecule has 2 fully saturated rings. The molecule has 2 aliphatic rings. The molecular formula is C25H24N8O4. The second kappa shape index (κ2) is 10.2. The van der Waals surface area contributed by atoms with Gasteiger partial charge in [-0.2, -0.15) is 4.68 Å². The van der Waals surface area contributed by atoms with Crippen molar-refractivity contribution in [1.82, 2.24) is 30.2 Å². The Balaban J connectivity index is 1.21. The van der Waals surface area contributed by atoms with Crippen LogP contribution in [0.2, 0.25) is 0 Å². The highest BCUT2D eigenvalue weighted by molar-refractivity contribution is 5.99. The number of amides is 3. The number of piperazine rings is 1. The lowest BCUT2D eigenvalue weighted by Gasteiger charge is -2.35. The number of hydrogen-bond acceptors (Lipinski definition) is 9. The fourth-order valence-corrected chi connectivity index (χ4v) is 4.38. The number of pyridine rings is 1. The highest BCUT2D eigenvalue weighted by atomic mass is 16.2. The Labute approximate surface area is 211 Å². The van der Waals surface area contributed by atoms with E-state index in [0.29, 0.717) is 28.7 Å². The van der Waals surface area contributed by atoms with Gasteiger partial charge in [0.05, 0.1) is 17.5 Å². The molecule has 1 unspecified atom stereocenters. The highest BCUT2D eigenvalue weighted by Crippen LogP contribution is 2.21. The van der Waals surface area contributed by atoms with E-state index >= 15 is 0 Å². The zero-order chi connectivity index (χ0) is 25.9. The van der Waals surface area contributed by atoms with Crippen molar-refractivity contribution in [2.45, 2.75) is 18.9 Å². The Bertz CT molecular complexity index is 1500. The van der Waals surface area contributed by atoms with Gasteiger partial charge in [0, 0.05) is 44.5 Å². The van der Waals surface area contributed by atoms with Crippen molar-refractivity contribution >= 4 is 34.3 Å². The number of aromatic nitrogens is 4. The fraction of sp³-hybridized carbons (Fsp3) is 0.320. The molecule has 2 aromatic heterocycles. The number of imide groups is 1. The predicted octanol–water partition coefficient (Wildman–Crippen LogP) is -0.563. The zero-order valence-electron chi connectivity index (χ0n) is 19.9. The van der Waals surface area contributed by atoms with Crippen LogP contribution in [-0.4, -0.2) is 75.3 Å². The lowest BCUT2D eigenvalue weighted by atomic mass is 10.1. The van der Waals surface area contributed by atoms with Crippen LogP contribution in [0.25, 0.3) is 10.9 Å². The molecule has 3 N–H and O–H groups in total. The fourth-order valence-electron chi connectivity index (χ4n) is 4.38. The van der Waals surface area contributed by atoms with Crippen LogP contribution in [0.5, 0.6) is 0 Å². The molecule has 1 aromatic carbocycles. The van der Waals surface area contributed by atoms with Gasteiger partial charge in [0.2, 0.25) is 11.8 Å². The van der Waals surface area contributed by atoms with Gasteiger partial charge in [-0.25, -0.2) is 4.98 Å². The van der Waals surface area contributed by atoms with Gasteiger partial charge in [-0.1, -0.05) is 11.1 Å².